The molecule has 2 aliphatic rings. The molecule has 6 rings (SSSR count). The van der Waals surface area contributed by atoms with E-state index in [4.69, 9.17) is 27.9 Å². The van der Waals surface area contributed by atoms with Gasteiger partial charge in [0.15, 0.2) is 0 Å². The average molecular weight is 510 g/mol. The molecule has 0 aliphatic carbocycles. The number of nitrogens with zero attached hydrogens (tertiary/aromatic N) is 5. The zero-order valence-electron chi connectivity index (χ0n) is 19.3. The van der Waals surface area contributed by atoms with Crippen LogP contribution in [0.25, 0.3) is 22.2 Å². The van der Waals surface area contributed by atoms with E-state index in [1.807, 2.05) is 37.5 Å². The molecule has 4 aromatic rings. The van der Waals surface area contributed by atoms with Gasteiger partial charge in [0.1, 0.15) is 17.5 Å². The van der Waals surface area contributed by atoms with Gasteiger partial charge >= 0.3 is 0 Å². The van der Waals surface area contributed by atoms with Crippen molar-refractivity contribution >= 4 is 40.1 Å². The zero-order valence-corrected chi connectivity index (χ0v) is 20.8. The van der Waals surface area contributed by atoms with E-state index >= 15 is 0 Å². The number of hydrogen-bond acceptors (Lipinski definition) is 7. The van der Waals surface area contributed by atoms with Crippen LogP contribution in [0, 0.1) is 5.41 Å². The molecule has 180 valence electrons. The molecule has 0 bridgehead atoms. The summed E-state index contributed by atoms with van der Waals surface area (Å²) >= 11 is 12.6. The topological polar surface area (TPSA) is 91.8 Å². The van der Waals surface area contributed by atoms with Gasteiger partial charge < -0.3 is 15.0 Å². The van der Waals surface area contributed by atoms with Gasteiger partial charge in [0, 0.05) is 66.3 Å². The molecule has 1 spiro atoms. The molecule has 1 aromatic carbocycles. The zero-order chi connectivity index (χ0) is 24.0. The average Bonchev–Trinajstić information content (AvgIpc) is 3.26. The smallest absolute Gasteiger partial charge is 0.225 e. The molecule has 5 heterocycles. The van der Waals surface area contributed by atoms with Crippen molar-refractivity contribution in [3.63, 3.8) is 0 Å². The molecule has 0 saturated carbocycles. The number of halogens is 2. The van der Waals surface area contributed by atoms with E-state index in [1.54, 1.807) is 12.4 Å². The van der Waals surface area contributed by atoms with Crippen LogP contribution in [-0.4, -0.2) is 51.3 Å². The van der Waals surface area contributed by atoms with E-state index in [-0.39, 0.29) is 6.10 Å². The van der Waals surface area contributed by atoms with Crippen molar-refractivity contribution in [3.8, 4) is 17.0 Å². The summed E-state index contributed by atoms with van der Waals surface area (Å²) < 4.78 is 6.18. The van der Waals surface area contributed by atoms with Crippen LogP contribution in [0.15, 0.2) is 43.0 Å². The number of anilines is 1. The molecule has 2 fully saturated rings. The van der Waals surface area contributed by atoms with Gasteiger partial charge in [-0.2, -0.15) is 5.10 Å². The summed E-state index contributed by atoms with van der Waals surface area (Å²) in [6.07, 6.45) is 8.98. The van der Waals surface area contributed by atoms with Gasteiger partial charge in [0.05, 0.1) is 15.6 Å². The predicted octanol–water partition coefficient (Wildman–Crippen LogP) is 5.05. The Balaban J connectivity index is 1.21. The summed E-state index contributed by atoms with van der Waals surface area (Å²) in [6.45, 7) is 6.14. The second kappa shape index (κ2) is 8.93. The predicted molar refractivity (Wildman–Crippen MR) is 137 cm³/mol. The first-order chi connectivity index (χ1) is 17.0. The van der Waals surface area contributed by atoms with Gasteiger partial charge in [0.2, 0.25) is 5.95 Å². The Morgan fingerprint density at radius 3 is 2.57 bits per heavy atom. The molecular formula is C25H25Cl2N7O. The van der Waals surface area contributed by atoms with Crippen molar-refractivity contribution in [3.05, 3.63) is 58.6 Å². The summed E-state index contributed by atoms with van der Waals surface area (Å²) in [7, 11) is 0. The number of aromatic amines is 1. The van der Waals surface area contributed by atoms with Gasteiger partial charge in [-0.05, 0) is 44.5 Å². The van der Waals surface area contributed by atoms with Crippen LogP contribution >= 0.6 is 23.2 Å². The van der Waals surface area contributed by atoms with Crippen molar-refractivity contribution in [1.82, 2.24) is 30.5 Å². The first kappa shape index (κ1) is 22.5. The summed E-state index contributed by atoms with van der Waals surface area (Å²) in [5.74, 6) is 1.45. The highest BCUT2D eigenvalue weighted by atomic mass is 35.5. The van der Waals surface area contributed by atoms with E-state index < -0.39 is 0 Å². The third-order valence-electron chi connectivity index (χ3n) is 6.95. The standard InChI is InChI=1S/C25H25Cl2N7O/c1-15(22-19(26)10-29-11-20(22)27)35-17-3-4-21-18(7-17)23(33-32-21)16-8-30-24(31-9-16)34-13-25(14-34)5-2-6-28-12-25/h3-4,7-11,15,28H,2,5-6,12-14H2,1H3,(H,32,33). The van der Waals surface area contributed by atoms with Crippen molar-refractivity contribution in [1.29, 1.82) is 0 Å². The Morgan fingerprint density at radius 2 is 1.86 bits per heavy atom. The Kier molecular flexibility index (Phi) is 5.75. The SMILES string of the molecule is CC(Oc1ccc2[nH]nc(-c3cnc(N4CC5(CCCNC5)C4)nc3)c2c1)c1c(Cl)cncc1Cl. The molecule has 2 aliphatic heterocycles. The Labute approximate surface area is 213 Å². The van der Waals surface area contributed by atoms with Crippen LogP contribution in [0.4, 0.5) is 5.95 Å². The fourth-order valence-electron chi connectivity index (χ4n) is 5.17. The third kappa shape index (κ3) is 4.20. The minimum absolute atomic E-state index is 0.354. The molecule has 8 nitrogen and oxygen atoms in total. The van der Waals surface area contributed by atoms with E-state index in [1.165, 1.54) is 12.8 Å². The highest BCUT2D eigenvalue weighted by Crippen LogP contribution is 2.39. The van der Waals surface area contributed by atoms with Crippen LogP contribution in [-0.2, 0) is 0 Å². The van der Waals surface area contributed by atoms with Crippen molar-refractivity contribution < 1.29 is 4.74 Å². The van der Waals surface area contributed by atoms with Crippen LogP contribution in [0.1, 0.15) is 31.4 Å². The maximum atomic E-state index is 6.30. The molecule has 1 unspecified atom stereocenters. The molecule has 2 saturated heterocycles. The molecule has 3 aromatic heterocycles. The number of aromatic nitrogens is 5. The summed E-state index contributed by atoms with van der Waals surface area (Å²) in [4.78, 5) is 15.6. The lowest BCUT2D eigenvalue weighted by Gasteiger charge is -2.52. The molecule has 35 heavy (non-hydrogen) atoms. The van der Waals surface area contributed by atoms with Gasteiger partial charge in [-0.25, -0.2) is 9.97 Å². The molecular weight excluding hydrogens is 485 g/mol. The quantitative estimate of drug-likeness (QED) is 0.388. The highest BCUT2D eigenvalue weighted by Gasteiger charge is 2.44. The van der Waals surface area contributed by atoms with E-state index in [9.17, 15) is 0 Å². The fraction of sp³-hybridized carbons (Fsp3) is 0.360. The summed E-state index contributed by atoms with van der Waals surface area (Å²) in [6, 6.07) is 5.79. The lowest BCUT2D eigenvalue weighted by molar-refractivity contribution is 0.155. The van der Waals surface area contributed by atoms with Gasteiger partial charge in [-0.1, -0.05) is 23.2 Å². The largest absolute Gasteiger partial charge is 0.486 e. The highest BCUT2D eigenvalue weighted by molar-refractivity contribution is 6.35. The van der Waals surface area contributed by atoms with Crippen molar-refractivity contribution in [2.24, 2.45) is 5.41 Å². The van der Waals surface area contributed by atoms with Crippen molar-refractivity contribution in [2.75, 3.05) is 31.1 Å². The molecule has 0 amide bonds. The number of ether oxygens (including phenoxy) is 1. The monoisotopic (exact) mass is 509 g/mol. The number of fused-ring (bicyclic) bond motifs is 1. The van der Waals surface area contributed by atoms with Gasteiger partial charge in [-0.15, -0.1) is 0 Å². The lowest BCUT2D eigenvalue weighted by Crippen LogP contribution is -2.62. The first-order valence-electron chi connectivity index (χ1n) is 11.7. The number of nitrogens with one attached hydrogen (secondary N) is 2. The van der Waals surface area contributed by atoms with E-state index in [0.29, 0.717) is 26.8 Å². The van der Waals surface area contributed by atoms with Crippen LogP contribution in [0.2, 0.25) is 10.0 Å². The minimum atomic E-state index is -0.354. The Hall–Kier alpha value is -2.94. The number of hydrogen-bond donors (Lipinski definition) is 2. The van der Waals surface area contributed by atoms with E-state index in [0.717, 1.165) is 54.3 Å². The number of piperidine rings is 1. The number of pyridine rings is 1. The Bertz CT molecular complexity index is 1340. The molecule has 1 atom stereocenters. The van der Waals surface area contributed by atoms with E-state index in [2.05, 4.69) is 35.4 Å². The number of H-pyrrole nitrogens is 1. The number of rotatable bonds is 5. The second-order valence-corrected chi connectivity index (χ2v) is 10.3. The van der Waals surface area contributed by atoms with Gasteiger partial charge in [-0.3, -0.25) is 10.1 Å². The minimum Gasteiger partial charge on any atom is -0.486 e. The first-order valence-corrected chi connectivity index (χ1v) is 12.5. The summed E-state index contributed by atoms with van der Waals surface area (Å²) in [5, 5.41) is 13.0. The molecule has 0 radical (unpaired) electrons. The fourth-order valence-corrected chi connectivity index (χ4v) is 5.84. The third-order valence-corrected chi connectivity index (χ3v) is 7.55. The molecule has 2 N–H and O–H groups in total. The van der Waals surface area contributed by atoms with Crippen molar-refractivity contribution in [2.45, 2.75) is 25.9 Å². The maximum Gasteiger partial charge on any atom is 0.225 e. The second-order valence-electron chi connectivity index (χ2n) is 9.46. The maximum absolute atomic E-state index is 6.30. The van der Waals surface area contributed by atoms with Gasteiger partial charge in [0.25, 0.3) is 0 Å². The van der Waals surface area contributed by atoms with Crippen LogP contribution in [0.3, 0.4) is 0 Å². The van der Waals surface area contributed by atoms with Crippen LogP contribution in [0.5, 0.6) is 5.75 Å². The lowest BCUT2D eigenvalue weighted by atomic mass is 9.74. The van der Waals surface area contributed by atoms with Crippen LogP contribution < -0.4 is 15.0 Å². The number of benzene rings is 1. The Morgan fingerprint density at radius 1 is 1.09 bits per heavy atom. The summed E-state index contributed by atoms with van der Waals surface area (Å²) in [5.41, 5.74) is 3.62. The normalized spacial score (nSPS) is 18.0. The molecule has 10 heteroatoms.